The van der Waals surface area contributed by atoms with E-state index in [1.807, 2.05) is 10.6 Å². The van der Waals surface area contributed by atoms with Crippen LogP contribution in [-0.2, 0) is 16.0 Å². The van der Waals surface area contributed by atoms with E-state index in [-0.39, 0.29) is 17.8 Å². The molecule has 9 nitrogen and oxygen atoms in total. The highest BCUT2D eigenvalue weighted by atomic mass is 16.3. The maximum atomic E-state index is 12.7. The normalized spacial score (nSPS) is 19.5. The molecule has 2 aliphatic rings. The van der Waals surface area contributed by atoms with E-state index in [0.29, 0.717) is 18.8 Å². The highest BCUT2D eigenvalue weighted by Crippen LogP contribution is 2.34. The number of hydrogen-bond acceptors (Lipinski definition) is 7. The number of carbonyl (C=O) groups excluding carboxylic acids is 2. The third-order valence-corrected chi connectivity index (χ3v) is 7.80. The summed E-state index contributed by atoms with van der Waals surface area (Å²) in [5, 5.41) is 13.9. The van der Waals surface area contributed by atoms with Crippen molar-refractivity contribution in [3.63, 3.8) is 0 Å². The molecule has 4 aromatic rings. The number of pyridine rings is 1. The molecule has 37 heavy (non-hydrogen) atoms. The Bertz CT molecular complexity index is 1460. The number of benzene rings is 1. The second-order valence-electron chi connectivity index (χ2n) is 10.1. The van der Waals surface area contributed by atoms with Gasteiger partial charge in [-0.05, 0) is 93.0 Å². The number of aryl methyl sites for hydroxylation is 1. The predicted molar refractivity (Wildman–Crippen MR) is 139 cm³/mol. The van der Waals surface area contributed by atoms with E-state index in [0.717, 1.165) is 72.8 Å². The van der Waals surface area contributed by atoms with Gasteiger partial charge in [0.2, 0.25) is 11.8 Å². The summed E-state index contributed by atoms with van der Waals surface area (Å²) in [6, 6.07) is 9.86. The van der Waals surface area contributed by atoms with E-state index in [1.54, 1.807) is 18.6 Å². The lowest BCUT2D eigenvalue weighted by Crippen LogP contribution is -2.41. The van der Waals surface area contributed by atoms with Crippen molar-refractivity contribution in [2.45, 2.75) is 50.5 Å². The number of rotatable bonds is 6. The van der Waals surface area contributed by atoms with Crippen LogP contribution in [0, 0.1) is 0 Å². The molecule has 5 heterocycles. The third-order valence-electron chi connectivity index (χ3n) is 7.80. The number of amides is 2. The van der Waals surface area contributed by atoms with Crippen LogP contribution in [0.25, 0.3) is 21.9 Å². The number of aromatic hydroxyl groups is 1. The summed E-state index contributed by atoms with van der Waals surface area (Å²) in [4.78, 5) is 39.3. The molecule has 6 rings (SSSR count). The molecular weight excluding hydrogens is 468 g/mol. The number of fused-ring (bicyclic) bond motifs is 3. The molecule has 0 saturated carbocycles. The van der Waals surface area contributed by atoms with Crippen LogP contribution in [-0.4, -0.2) is 61.0 Å². The van der Waals surface area contributed by atoms with Crippen LogP contribution >= 0.6 is 0 Å². The average Bonchev–Trinajstić information content (AvgIpc) is 3.23. The topological polar surface area (TPSA) is 113 Å². The van der Waals surface area contributed by atoms with E-state index in [2.05, 4.69) is 49.4 Å². The molecule has 190 valence electrons. The molecular formula is C28H30N6O3. The molecule has 2 N–H and O–H groups in total. The van der Waals surface area contributed by atoms with Gasteiger partial charge in [-0.3, -0.25) is 14.9 Å². The standard InChI is InChI=1S/C28H30N6O3/c35-25-8-7-24(27(36)32-25)34-23-6-5-18(15-22(23)21-4-1-11-29-26(21)34)3-2-12-33-13-9-19(10-14-33)20-16-30-28(37)31-17-20/h1,4-6,11,15-17,19,24H,2-3,7-10,12-14H2,(H,30,31,37)(H,32,35,36). The Kier molecular flexibility index (Phi) is 6.30. The molecule has 3 aromatic heterocycles. The molecule has 1 unspecified atom stereocenters. The molecule has 9 heteroatoms. The van der Waals surface area contributed by atoms with Gasteiger partial charge in [-0.15, -0.1) is 0 Å². The highest BCUT2D eigenvalue weighted by molar-refractivity contribution is 6.09. The zero-order chi connectivity index (χ0) is 25.4. The number of carbonyl (C=O) groups is 2. The fourth-order valence-corrected chi connectivity index (χ4v) is 5.86. The van der Waals surface area contributed by atoms with Crippen molar-refractivity contribution in [1.82, 2.24) is 29.7 Å². The van der Waals surface area contributed by atoms with Gasteiger partial charge in [0.05, 0.1) is 5.52 Å². The molecule has 2 aliphatic heterocycles. The number of nitrogens with zero attached hydrogens (tertiary/aromatic N) is 5. The van der Waals surface area contributed by atoms with Crippen LogP contribution in [0.2, 0.25) is 0 Å². The Morgan fingerprint density at radius 1 is 1.00 bits per heavy atom. The first-order chi connectivity index (χ1) is 18.1. The number of nitrogens with one attached hydrogen (secondary N) is 1. The van der Waals surface area contributed by atoms with Crippen LogP contribution in [0.4, 0.5) is 0 Å². The van der Waals surface area contributed by atoms with Crippen LogP contribution in [0.3, 0.4) is 0 Å². The first kappa shape index (κ1) is 23.5. The first-order valence-electron chi connectivity index (χ1n) is 13.0. The van der Waals surface area contributed by atoms with E-state index >= 15 is 0 Å². The largest absolute Gasteiger partial charge is 0.479 e. The molecule has 0 spiro atoms. The molecule has 0 radical (unpaired) electrons. The number of piperidine rings is 2. The summed E-state index contributed by atoms with van der Waals surface area (Å²) in [5.41, 5.74) is 4.14. The lowest BCUT2D eigenvalue weighted by Gasteiger charge is -2.31. The van der Waals surface area contributed by atoms with Gasteiger partial charge in [0.25, 0.3) is 0 Å². The fourth-order valence-electron chi connectivity index (χ4n) is 5.86. The van der Waals surface area contributed by atoms with Crippen LogP contribution in [0.1, 0.15) is 55.2 Å². The maximum absolute atomic E-state index is 12.7. The summed E-state index contributed by atoms with van der Waals surface area (Å²) in [7, 11) is 0. The van der Waals surface area contributed by atoms with E-state index in [4.69, 9.17) is 0 Å². The van der Waals surface area contributed by atoms with Gasteiger partial charge in [0, 0.05) is 35.8 Å². The van der Waals surface area contributed by atoms with Gasteiger partial charge in [-0.25, -0.2) is 15.0 Å². The highest BCUT2D eigenvalue weighted by Gasteiger charge is 2.31. The molecule has 0 aliphatic carbocycles. The zero-order valence-electron chi connectivity index (χ0n) is 20.6. The van der Waals surface area contributed by atoms with Crippen molar-refractivity contribution in [2.75, 3.05) is 19.6 Å². The second-order valence-corrected chi connectivity index (χ2v) is 10.1. The van der Waals surface area contributed by atoms with Crippen molar-refractivity contribution < 1.29 is 14.7 Å². The number of aromatic nitrogens is 4. The second kappa shape index (κ2) is 9.89. The fraction of sp³-hybridized carbons (Fsp3) is 0.393. The van der Waals surface area contributed by atoms with Gasteiger partial charge in [0.15, 0.2) is 0 Å². The van der Waals surface area contributed by atoms with Crippen LogP contribution < -0.4 is 5.32 Å². The summed E-state index contributed by atoms with van der Waals surface area (Å²) >= 11 is 0. The Balaban J connectivity index is 1.13. The summed E-state index contributed by atoms with van der Waals surface area (Å²) in [6.45, 7) is 3.15. The predicted octanol–water partition coefficient (Wildman–Crippen LogP) is 3.48. The Morgan fingerprint density at radius 3 is 2.59 bits per heavy atom. The average molecular weight is 499 g/mol. The van der Waals surface area contributed by atoms with Gasteiger partial charge >= 0.3 is 6.01 Å². The van der Waals surface area contributed by atoms with Crippen molar-refractivity contribution in [1.29, 1.82) is 0 Å². The lowest BCUT2D eigenvalue weighted by atomic mass is 9.91. The molecule has 2 fully saturated rings. The van der Waals surface area contributed by atoms with Gasteiger partial charge < -0.3 is 14.6 Å². The molecule has 1 atom stereocenters. The van der Waals surface area contributed by atoms with E-state index in [1.165, 1.54) is 5.56 Å². The smallest absolute Gasteiger partial charge is 0.313 e. The Labute approximate surface area is 214 Å². The molecule has 2 amide bonds. The number of likely N-dealkylation sites (tertiary alicyclic amines) is 1. The quantitative estimate of drug-likeness (QED) is 0.391. The maximum Gasteiger partial charge on any atom is 0.313 e. The SMILES string of the molecule is O=C1CCC(n2c3ccc(CCCN4CCC(c5cnc(O)nc5)CC4)cc3c3cccnc32)C(=O)N1. The Hall–Kier alpha value is -3.85. The summed E-state index contributed by atoms with van der Waals surface area (Å²) in [5.74, 6) is -0.0168. The van der Waals surface area contributed by atoms with Crippen molar-refractivity contribution in [3.05, 3.63) is 60.0 Å². The minimum Gasteiger partial charge on any atom is -0.479 e. The van der Waals surface area contributed by atoms with Crippen molar-refractivity contribution >= 4 is 33.8 Å². The summed E-state index contributed by atoms with van der Waals surface area (Å²) < 4.78 is 2.00. The molecule has 0 bridgehead atoms. The van der Waals surface area contributed by atoms with Crippen LogP contribution in [0.5, 0.6) is 6.01 Å². The van der Waals surface area contributed by atoms with Gasteiger partial charge in [0.1, 0.15) is 11.7 Å². The van der Waals surface area contributed by atoms with Gasteiger partial charge in [-0.1, -0.05) is 6.07 Å². The lowest BCUT2D eigenvalue weighted by molar-refractivity contribution is -0.135. The van der Waals surface area contributed by atoms with Crippen LogP contribution in [0.15, 0.2) is 48.9 Å². The van der Waals surface area contributed by atoms with Gasteiger partial charge in [-0.2, -0.15) is 0 Å². The Morgan fingerprint density at radius 2 is 1.81 bits per heavy atom. The summed E-state index contributed by atoms with van der Waals surface area (Å²) in [6.07, 6.45) is 10.3. The minimum atomic E-state index is -0.436. The van der Waals surface area contributed by atoms with Crippen molar-refractivity contribution in [3.8, 4) is 6.01 Å². The third kappa shape index (κ3) is 4.67. The first-order valence-corrected chi connectivity index (χ1v) is 13.0. The minimum absolute atomic E-state index is 0.170. The molecule has 1 aromatic carbocycles. The zero-order valence-corrected chi connectivity index (χ0v) is 20.6. The number of hydrogen-bond donors (Lipinski definition) is 2. The van der Waals surface area contributed by atoms with Crippen molar-refractivity contribution in [2.24, 2.45) is 0 Å². The van der Waals surface area contributed by atoms with E-state index in [9.17, 15) is 14.7 Å². The molecule has 2 saturated heterocycles. The monoisotopic (exact) mass is 498 g/mol. The van der Waals surface area contributed by atoms with E-state index < -0.39 is 6.04 Å². The number of imide groups is 1.